The molecule has 1 N–H and O–H groups in total. The maximum absolute atomic E-state index is 11.0. The molecule has 2 heterocycles. The average Bonchev–Trinajstić information content (AvgIpc) is 2.67. The lowest BCUT2D eigenvalue weighted by Crippen LogP contribution is -2.40. The van der Waals surface area contributed by atoms with Crippen molar-refractivity contribution in [3.05, 3.63) is 29.7 Å². The largest absolute Gasteiger partial charge is 0.488 e. The minimum absolute atomic E-state index is 0.00627. The van der Waals surface area contributed by atoms with Gasteiger partial charge < -0.3 is 19.5 Å². The van der Waals surface area contributed by atoms with E-state index in [0.717, 1.165) is 12.8 Å². The zero-order valence-corrected chi connectivity index (χ0v) is 19.1. The number of pyridine rings is 1. The number of carbonyl (C=O) groups is 1. The lowest BCUT2D eigenvalue weighted by molar-refractivity contribution is -0.120. The Morgan fingerprint density at radius 1 is 1.23 bits per heavy atom. The third-order valence-electron chi connectivity index (χ3n) is 4.78. The van der Waals surface area contributed by atoms with Gasteiger partial charge in [0.05, 0.1) is 37.8 Å². The van der Waals surface area contributed by atoms with Crippen LogP contribution in [0.15, 0.2) is 24.7 Å². The Kier molecular flexibility index (Phi) is 8.03. The van der Waals surface area contributed by atoms with E-state index in [9.17, 15) is 4.79 Å². The van der Waals surface area contributed by atoms with E-state index in [2.05, 4.69) is 20.3 Å². The first-order valence-electron chi connectivity index (χ1n) is 10.5. The number of halogens is 1. The number of rotatable bonds is 10. The van der Waals surface area contributed by atoms with Crippen molar-refractivity contribution in [1.82, 2.24) is 20.3 Å². The van der Waals surface area contributed by atoms with Crippen molar-refractivity contribution in [2.45, 2.75) is 58.8 Å². The van der Waals surface area contributed by atoms with Crippen molar-refractivity contribution in [1.29, 1.82) is 0 Å². The molecule has 0 bridgehead atoms. The van der Waals surface area contributed by atoms with E-state index in [1.165, 1.54) is 6.92 Å². The summed E-state index contributed by atoms with van der Waals surface area (Å²) in [6.07, 6.45) is 6.95. The number of hydrogen-bond acceptors (Lipinski definition) is 7. The standard InChI is InChI=1S/C22H29ClN4O4/c1-13(2)31-18-9-25-21(26-10-18)19-5-6-24-22(20(19)23)30-12-16-7-17(8-16)29-11-14(3)27-15(4)28/h5-6,9-10,13-14,16-17H,7-8,11-12H2,1-4H3,(H,27,28)/t14-,16?,17?/m0/s1. The Labute approximate surface area is 187 Å². The van der Waals surface area contributed by atoms with Crippen LogP contribution in [-0.4, -0.2) is 52.3 Å². The molecule has 1 fully saturated rings. The first-order chi connectivity index (χ1) is 14.8. The van der Waals surface area contributed by atoms with Crippen LogP contribution in [0.2, 0.25) is 5.02 Å². The van der Waals surface area contributed by atoms with Gasteiger partial charge in [-0.25, -0.2) is 15.0 Å². The molecule has 1 aliphatic rings. The van der Waals surface area contributed by atoms with Gasteiger partial charge in [0.25, 0.3) is 0 Å². The number of carbonyl (C=O) groups excluding carboxylic acids is 1. The van der Waals surface area contributed by atoms with Gasteiger partial charge in [-0.2, -0.15) is 0 Å². The zero-order valence-electron chi connectivity index (χ0n) is 18.3. The molecule has 0 spiro atoms. The number of nitrogens with zero attached hydrogens (tertiary/aromatic N) is 3. The van der Waals surface area contributed by atoms with Crippen molar-refractivity contribution in [3.8, 4) is 23.0 Å². The summed E-state index contributed by atoms with van der Waals surface area (Å²) in [7, 11) is 0. The molecule has 0 unspecified atom stereocenters. The van der Waals surface area contributed by atoms with E-state index >= 15 is 0 Å². The minimum Gasteiger partial charge on any atom is -0.488 e. The maximum atomic E-state index is 11.0. The zero-order chi connectivity index (χ0) is 22.4. The monoisotopic (exact) mass is 448 g/mol. The highest BCUT2D eigenvalue weighted by Crippen LogP contribution is 2.34. The SMILES string of the molecule is CC(=O)N[C@@H](C)COC1CC(COc2nccc(-c3ncc(OC(C)C)cn3)c2Cl)C1. The number of ether oxygens (including phenoxy) is 3. The number of hydrogen-bond donors (Lipinski definition) is 1. The van der Waals surface area contributed by atoms with Gasteiger partial charge in [-0.3, -0.25) is 4.79 Å². The lowest BCUT2D eigenvalue weighted by Gasteiger charge is -2.35. The molecular weight excluding hydrogens is 420 g/mol. The van der Waals surface area contributed by atoms with E-state index in [1.54, 1.807) is 24.7 Å². The van der Waals surface area contributed by atoms with Gasteiger partial charge in [-0.05, 0) is 45.6 Å². The fourth-order valence-electron chi connectivity index (χ4n) is 3.30. The summed E-state index contributed by atoms with van der Waals surface area (Å²) in [6, 6.07) is 1.77. The molecule has 1 amide bonds. The van der Waals surface area contributed by atoms with Gasteiger partial charge in [-0.15, -0.1) is 0 Å². The van der Waals surface area contributed by atoms with Crippen LogP contribution < -0.4 is 14.8 Å². The molecule has 2 aromatic rings. The van der Waals surface area contributed by atoms with Crippen molar-refractivity contribution < 1.29 is 19.0 Å². The van der Waals surface area contributed by atoms with Crippen LogP contribution in [0.5, 0.6) is 11.6 Å². The van der Waals surface area contributed by atoms with Crippen LogP contribution in [0, 0.1) is 5.92 Å². The quantitative estimate of drug-likeness (QED) is 0.592. The van der Waals surface area contributed by atoms with Gasteiger partial charge in [0.2, 0.25) is 11.8 Å². The number of aromatic nitrogens is 3. The molecule has 1 atom stereocenters. The van der Waals surface area contributed by atoms with Gasteiger partial charge in [0, 0.05) is 24.7 Å². The summed E-state index contributed by atoms with van der Waals surface area (Å²) in [5.74, 6) is 1.79. The second-order valence-corrected chi connectivity index (χ2v) is 8.47. The molecule has 9 heteroatoms. The molecular formula is C22H29ClN4O4. The first-order valence-corrected chi connectivity index (χ1v) is 10.8. The van der Waals surface area contributed by atoms with E-state index < -0.39 is 0 Å². The van der Waals surface area contributed by atoms with E-state index in [4.69, 9.17) is 25.8 Å². The fraction of sp³-hybridized carbons (Fsp3) is 0.545. The Hall–Kier alpha value is -2.45. The van der Waals surface area contributed by atoms with Gasteiger partial charge in [-0.1, -0.05) is 11.6 Å². The molecule has 3 rings (SSSR count). The summed E-state index contributed by atoms with van der Waals surface area (Å²) < 4.78 is 17.3. The molecule has 2 aromatic heterocycles. The van der Waals surface area contributed by atoms with Gasteiger partial charge in [0.1, 0.15) is 5.02 Å². The van der Waals surface area contributed by atoms with Gasteiger partial charge in [0.15, 0.2) is 11.6 Å². The van der Waals surface area contributed by atoms with Crippen molar-refractivity contribution in [2.75, 3.05) is 13.2 Å². The van der Waals surface area contributed by atoms with Crippen LogP contribution in [0.1, 0.15) is 40.5 Å². The molecule has 0 radical (unpaired) electrons. The number of amides is 1. The Morgan fingerprint density at radius 3 is 2.58 bits per heavy atom. The predicted octanol–water partition coefficient (Wildman–Crippen LogP) is 3.68. The topological polar surface area (TPSA) is 95.5 Å². The van der Waals surface area contributed by atoms with Crippen LogP contribution in [0.4, 0.5) is 0 Å². The smallest absolute Gasteiger partial charge is 0.233 e. The van der Waals surface area contributed by atoms with E-state index in [-0.39, 0.29) is 24.2 Å². The summed E-state index contributed by atoms with van der Waals surface area (Å²) in [5.41, 5.74) is 0.657. The highest BCUT2D eigenvalue weighted by atomic mass is 35.5. The Balaban J connectivity index is 1.49. The maximum Gasteiger partial charge on any atom is 0.233 e. The molecule has 1 aliphatic carbocycles. The Bertz CT molecular complexity index is 872. The van der Waals surface area contributed by atoms with E-state index in [0.29, 0.717) is 47.2 Å². The van der Waals surface area contributed by atoms with Crippen molar-refractivity contribution >= 4 is 17.5 Å². The summed E-state index contributed by atoms with van der Waals surface area (Å²) in [5, 5.41) is 3.20. The van der Waals surface area contributed by atoms with Crippen LogP contribution in [0.25, 0.3) is 11.4 Å². The lowest BCUT2D eigenvalue weighted by atomic mass is 9.83. The van der Waals surface area contributed by atoms with Crippen LogP contribution in [-0.2, 0) is 9.53 Å². The summed E-state index contributed by atoms with van der Waals surface area (Å²) in [4.78, 5) is 24.0. The third kappa shape index (κ3) is 6.77. The Morgan fingerprint density at radius 2 is 1.94 bits per heavy atom. The molecule has 0 aliphatic heterocycles. The summed E-state index contributed by atoms with van der Waals surface area (Å²) in [6.45, 7) is 8.34. The summed E-state index contributed by atoms with van der Waals surface area (Å²) >= 11 is 6.51. The predicted molar refractivity (Wildman–Crippen MR) is 117 cm³/mol. The molecule has 0 aromatic carbocycles. The minimum atomic E-state index is -0.0483. The van der Waals surface area contributed by atoms with Crippen molar-refractivity contribution in [2.24, 2.45) is 5.92 Å². The average molecular weight is 449 g/mol. The molecule has 31 heavy (non-hydrogen) atoms. The van der Waals surface area contributed by atoms with Crippen LogP contribution in [0.3, 0.4) is 0 Å². The van der Waals surface area contributed by atoms with Crippen LogP contribution >= 0.6 is 11.6 Å². The highest BCUT2D eigenvalue weighted by molar-refractivity contribution is 6.34. The third-order valence-corrected chi connectivity index (χ3v) is 5.14. The molecule has 1 saturated carbocycles. The van der Waals surface area contributed by atoms with Gasteiger partial charge >= 0.3 is 0 Å². The number of nitrogens with one attached hydrogen (secondary N) is 1. The first kappa shape index (κ1) is 23.2. The highest BCUT2D eigenvalue weighted by Gasteiger charge is 2.31. The van der Waals surface area contributed by atoms with Crippen molar-refractivity contribution in [3.63, 3.8) is 0 Å². The van der Waals surface area contributed by atoms with E-state index in [1.807, 2.05) is 20.8 Å². The normalized spacial score (nSPS) is 18.9. The second-order valence-electron chi connectivity index (χ2n) is 8.09. The molecule has 0 saturated heterocycles. The molecule has 168 valence electrons. The molecule has 8 nitrogen and oxygen atoms in total. The second kappa shape index (κ2) is 10.7. The fourth-order valence-corrected chi connectivity index (χ4v) is 3.55.